The first kappa shape index (κ1) is 16.5. The molecular weight excluding hydrogens is 318 g/mol. The highest BCUT2D eigenvalue weighted by molar-refractivity contribution is 7.89. The van der Waals surface area contributed by atoms with Crippen LogP contribution in [0.2, 0.25) is 0 Å². The first-order valence-electron chi connectivity index (χ1n) is 6.47. The van der Waals surface area contributed by atoms with Crippen molar-refractivity contribution in [3.05, 3.63) is 29.8 Å². The smallest absolute Gasteiger partial charge is 0.248 e. The Balaban J connectivity index is 2.27. The lowest BCUT2D eigenvalue weighted by Crippen LogP contribution is -2.43. The monoisotopic (exact) mass is 332 g/mol. The molecule has 1 atom stereocenters. The summed E-state index contributed by atoms with van der Waals surface area (Å²) in [6, 6.07) is 0.284. The lowest BCUT2D eigenvalue weighted by atomic mass is 10.3. The van der Waals surface area contributed by atoms with E-state index in [1.807, 2.05) is 4.72 Å². The minimum absolute atomic E-state index is 0.334. The van der Waals surface area contributed by atoms with Gasteiger partial charge in [-0.05, 0) is 26.0 Å². The molecule has 2 rings (SSSR count). The van der Waals surface area contributed by atoms with Gasteiger partial charge in [0.05, 0.1) is 6.42 Å². The van der Waals surface area contributed by atoms with Crippen LogP contribution in [0, 0.1) is 11.6 Å². The number of imide groups is 1. The molecule has 0 radical (unpaired) electrons. The number of likely N-dealkylation sites (tertiary alicyclic amines) is 1. The maximum absolute atomic E-state index is 13.6. The van der Waals surface area contributed by atoms with Gasteiger partial charge >= 0.3 is 0 Å². The minimum Gasteiger partial charge on any atom is -0.279 e. The van der Waals surface area contributed by atoms with Crippen molar-refractivity contribution in [2.24, 2.45) is 0 Å². The quantitative estimate of drug-likeness (QED) is 0.826. The van der Waals surface area contributed by atoms with Crippen molar-refractivity contribution in [3.8, 4) is 0 Å². The Hall–Kier alpha value is -1.87. The van der Waals surface area contributed by atoms with Gasteiger partial charge in [-0.1, -0.05) is 0 Å². The summed E-state index contributed by atoms with van der Waals surface area (Å²) in [5.74, 6) is -3.39. The van der Waals surface area contributed by atoms with Crippen molar-refractivity contribution in [3.63, 3.8) is 0 Å². The fourth-order valence-corrected chi connectivity index (χ4v) is 3.48. The highest BCUT2D eigenvalue weighted by Gasteiger charge is 2.42. The Morgan fingerprint density at radius 3 is 2.41 bits per heavy atom. The SMILES string of the molecule is CC(C)N1C(=O)C[C@H](NS(=O)(=O)c2ccc(F)cc2F)C1=O. The molecule has 1 aromatic rings. The van der Waals surface area contributed by atoms with E-state index in [9.17, 15) is 26.8 Å². The van der Waals surface area contributed by atoms with E-state index in [0.29, 0.717) is 6.07 Å². The van der Waals surface area contributed by atoms with E-state index in [-0.39, 0.29) is 6.42 Å². The number of nitrogens with one attached hydrogen (secondary N) is 1. The predicted molar refractivity (Wildman–Crippen MR) is 72.1 cm³/mol. The molecule has 1 heterocycles. The van der Waals surface area contributed by atoms with Crippen LogP contribution in [0.5, 0.6) is 0 Å². The van der Waals surface area contributed by atoms with Crippen LogP contribution in [0.3, 0.4) is 0 Å². The van der Waals surface area contributed by atoms with Crippen molar-refractivity contribution in [1.29, 1.82) is 0 Å². The Morgan fingerprint density at radius 1 is 1.27 bits per heavy atom. The number of nitrogens with zero attached hydrogens (tertiary/aromatic N) is 1. The molecule has 0 unspecified atom stereocenters. The number of amides is 2. The molecule has 0 aliphatic carbocycles. The predicted octanol–water partition coefficient (Wildman–Crippen LogP) is 0.779. The molecule has 0 aromatic heterocycles. The Morgan fingerprint density at radius 2 is 1.91 bits per heavy atom. The van der Waals surface area contributed by atoms with Gasteiger partial charge in [0, 0.05) is 12.1 Å². The van der Waals surface area contributed by atoms with E-state index in [1.54, 1.807) is 13.8 Å². The fraction of sp³-hybridized carbons (Fsp3) is 0.385. The van der Waals surface area contributed by atoms with Crippen LogP contribution < -0.4 is 4.72 Å². The number of rotatable bonds is 4. The second-order valence-corrected chi connectivity index (χ2v) is 6.83. The first-order valence-corrected chi connectivity index (χ1v) is 7.95. The van der Waals surface area contributed by atoms with Gasteiger partial charge in [0.1, 0.15) is 22.6 Å². The number of carbonyl (C=O) groups excluding carboxylic acids is 2. The van der Waals surface area contributed by atoms with E-state index in [0.717, 1.165) is 17.0 Å². The van der Waals surface area contributed by atoms with Gasteiger partial charge in [-0.2, -0.15) is 4.72 Å². The molecule has 1 aliphatic rings. The third-order valence-electron chi connectivity index (χ3n) is 3.18. The molecule has 1 aromatic carbocycles. The molecule has 0 bridgehead atoms. The highest BCUT2D eigenvalue weighted by Crippen LogP contribution is 2.20. The Bertz CT molecular complexity index is 734. The van der Waals surface area contributed by atoms with Gasteiger partial charge in [-0.3, -0.25) is 14.5 Å². The number of hydrogen-bond acceptors (Lipinski definition) is 4. The summed E-state index contributed by atoms with van der Waals surface area (Å²) < 4.78 is 52.6. The maximum atomic E-state index is 13.6. The van der Waals surface area contributed by atoms with Crippen LogP contribution in [-0.4, -0.2) is 37.2 Å². The van der Waals surface area contributed by atoms with Gasteiger partial charge < -0.3 is 0 Å². The third-order valence-corrected chi connectivity index (χ3v) is 4.69. The second kappa shape index (κ2) is 5.73. The largest absolute Gasteiger partial charge is 0.279 e. The average Bonchev–Trinajstić information content (AvgIpc) is 2.62. The zero-order valence-electron chi connectivity index (χ0n) is 11.8. The average molecular weight is 332 g/mol. The number of hydrogen-bond donors (Lipinski definition) is 1. The fourth-order valence-electron chi connectivity index (χ4n) is 2.23. The molecule has 0 spiro atoms. The summed E-state index contributed by atoms with van der Waals surface area (Å²) in [6.45, 7) is 3.23. The topological polar surface area (TPSA) is 83.6 Å². The number of benzene rings is 1. The lowest BCUT2D eigenvalue weighted by Gasteiger charge is -2.19. The summed E-state index contributed by atoms with van der Waals surface area (Å²) in [5.41, 5.74) is 0. The first-order chi connectivity index (χ1) is 10.1. The molecule has 0 saturated carbocycles. The van der Waals surface area contributed by atoms with Crippen LogP contribution in [0.15, 0.2) is 23.1 Å². The molecule has 6 nitrogen and oxygen atoms in total. The van der Waals surface area contributed by atoms with Gasteiger partial charge in [0.15, 0.2) is 0 Å². The van der Waals surface area contributed by atoms with E-state index in [4.69, 9.17) is 0 Å². The van der Waals surface area contributed by atoms with E-state index in [1.165, 1.54) is 0 Å². The van der Waals surface area contributed by atoms with E-state index >= 15 is 0 Å². The molecule has 120 valence electrons. The third kappa shape index (κ3) is 3.00. The molecule has 1 N–H and O–H groups in total. The van der Waals surface area contributed by atoms with Crippen molar-refractivity contribution in [2.75, 3.05) is 0 Å². The van der Waals surface area contributed by atoms with Crippen LogP contribution in [0.25, 0.3) is 0 Å². The molecule has 1 aliphatic heterocycles. The molecule has 1 fully saturated rings. The van der Waals surface area contributed by atoms with E-state index < -0.39 is 50.5 Å². The van der Waals surface area contributed by atoms with Gasteiger partial charge in [0.25, 0.3) is 0 Å². The summed E-state index contributed by atoms with van der Waals surface area (Å²) >= 11 is 0. The van der Waals surface area contributed by atoms with Crippen LogP contribution in [0.4, 0.5) is 8.78 Å². The minimum atomic E-state index is -4.39. The lowest BCUT2D eigenvalue weighted by molar-refractivity contribution is -0.140. The van der Waals surface area contributed by atoms with Crippen molar-refractivity contribution >= 4 is 21.8 Å². The summed E-state index contributed by atoms with van der Waals surface area (Å²) in [4.78, 5) is 23.9. The molecular formula is C13H14F2N2O4S. The number of carbonyl (C=O) groups is 2. The molecule has 1 saturated heterocycles. The van der Waals surface area contributed by atoms with E-state index in [2.05, 4.69) is 0 Å². The molecule has 22 heavy (non-hydrogen) atoms. The summed E-state index contributed by atoms with van der Waals surface area (Å²) in [7, 11) is -4.39. The van der Waals surface area contributed by atoms with Crippen LogP contribution >= 0.6 is 0 Å². The van der Waals surface area contributed by atoms with Gasteiger partial charge in [0.2, 0.25) is 21.8 Å². The standard InChI is InChI=1S/C13H14F2N2O4S/c1-7(2)17-12(18)6-10(13(17)19)16-22(20,21)11-4-3-8(14)5-9(11)15/h3-5,7,10,16H,6H2,1-2H3/t10-/m0/s1. The zero-order chi connectivity index (χ0) is 16.7. The van der Waals surface area contributed by atoms with Gasteiger partial charge in [-0.25, -0.2) is 17.2 Å². The van der Waals surface area contributed by atoms with Crippen LogP contribution in [-0.2, 0) is 19.6 Å². The van der Waals surface area contributed by atoms with Crippen molar-refractivity contribution < 1.29 is 26.8 Å². The number of sulfonamides is 1. The van der Waals surface area contributed by atoms with Crippen molar-refractivity contribution in [2.45, 2.75) is 37.2 Å². The maximum Gasteiger partial charge on any atom is 0.248 e. The van der Waals surface area contributed by atoms with Crippen molar-refractivity contribution in [1.82, 2.24) is 9.62 Å². The molecule has 2 amide bonds. The Kier molecular flexibility index (Phi) is 4.30. The normalized spacial score (nSPS) is 19.3. The zero-order valence-corrected chi connectivity index (χ0v) is 12.7. The van der Waals surface area contributed by atoms with Gasteiger partial charge in [-0.15, -0.1) is 0 Å². The summed E-state index contributed by atoms with van der Waals surface area (Å²) in [5, 5.41) is 0. The Labute approximate surface area is 126 Å². The summed E-state index contributed by atoms with van der Waals surface area (Å²) in [6.07, 6.45) is -0.334. The molecule has 9 heteroatoms. The van der Waals surface area contributed by atoms with Crippen LogP contribution in [0.1, 0.15) is 20.3 Å². The number of halogens is 2. The second-order valence-electron chi connectivity index (χ2n) is 5.15. The highest BCUT2D eigenvalue weighted by atomic mass is 32.2.